The molecule has 0 aromatic heterocycles. The van der Waals surface area contributed by atoms with Gasteiger partial charge in [-0.2, -0.15) is 0 Å². The molecule has 23 heavy (non-hydrogen) atoms. The first-order valence-electron chi connectivity index (χ1n) is 5.07. The van der Waals surface area contributed by atoms with Gasteiger partial charge in [-0.05, 0) is 0 Å². The van der Waals surface area contributed by atoms with Gasteiger partial charge in [-0.15, -0.1) is 0 Å². The number of hydrogen-bond acceptors (Lipinski definition) is 8. The number of aliphatic hydroxyl groups excluding tert-OH is 7. The predicted octanol–water partition coefficient (Wildman–Crippen LogP) is -3.06. The minimum Gasteiger partial charge on any atom is -0.412 e. The third-order valence-electron chi connectivity index (χ3n) is 1.46. The van der Waals surface area contributed by atoms with Gasteiger partial charge in [0.1, 0.15) is 18.3 Å². The lowest BCUT2D eigenvalue weighted by atomic mass is 10.4. The van der Waals surface area contributed by atoms with Crippen LogP contribution in [0.4, 0.5) is 0 Å². The molecule has 0 rings (SSSR count). The van der Waals surface area contributed by atoms with Crippen LogP contribution in [0.15, 0.2) is 0 Å². The molecule has 0 aliphatic carbocycles. The van der Waals surface area contributed by atoms with Crippen LogP contribution in [-0.2, 0) is 4.74 Å². The van der Waals surface area contributed by atoms with Gasteiger partial charge in [-0.3, -0.25) is 0 Å². The van der Waals surface area contributed by atoms with E-state index in [-0.39, 0.29) is 80.3 Å². The summed E-state index contributed by atoms with van der Waals surface area (Å²) in [5.41, 5.74) is 0. The summed E-state index contributed by atoms with van der Waals surface area (Å²) in [5, 5.41) is 58.1. The largest absolute Gasteiger partial charge is 0.412 e. The van der Waals surface area contributed by atoms with Gasteiger partial charge in [-0.25, -0.2) is 0 Å². The molecule has 1 unspecified atom stereocenters. The Balaban J connectivity index is -0.0000000282. The summed E-state index contributed by atoms with van der Waals surface area (Å²) >= 11 is 0. The molecular formula is C13H42O10. The second kappa shape index (κ2) is 37.7. The molecule has 0 bridgehead atoms. The lowest BCUT2D eigenvalue weighted by molar-refractivity contribution is -0.0364. The maximum absolute atomic E-state index is 8.72. The van der Waals surface area contributed by atoms with Crippen molar-refractivity contribution in [1.29, 1.82) is 0 Å². The highest BCUT2D eigenvalue weighted by Crippen LogP contribution is 1.87. The van der Waals surface area contributed by atoms with Crippen LogP contribution in [0.2, 0.25) is 0 Å². The average molecular weight is 358 g/mol. The summed E-state index contributed by atoms with van der Waals surface area (Å²) in [7, 11) is 0. The SMILES string of the molecule is C.C.C.C.O.O.OCC(O)CO.OCC(O)COC[C@H](O)CO. The van der Waals surface area contributed by atoms with Crippen molar-refractivity contribution in [1.82, 2.24) is 0 Å². The summed E-state index contributed by atoms with van der Waals surface area (Å²) in [6.45, 7) is -1.53. The van der Waals surface area contributed by atoms with Crippen molar-refractivity contribution in [3.63, 3.8) is 0 Å². The van der Waals surface area contributed by atoms with Gasteiger partial charge in [0.05, 0.1) is 39.6 Å². The van der Waals surface area contributed by atoms with Crippen LogP contribution in [0, 0.1) is 0 Å². The Morgan fingerprint density at radius 1 is 0.522 bits per heavy atom. The highest BCUT2D eigenvalue weighted by molar-refractivity contribution is 4.52. The molecule has 154 valence electrons. The Morgan fingerprint density at radius 2 is 0.739 bits per heavy atom. The zero-order valence-electron chi connectivity index (χ0n) is 10.5. The molecule has 10 nitrogen and oxygen atoms in total. The van der Waals surface area contributed by atoms with Crippen molar-refractivity contribution < 1.29 is 51.4 Å². The Labute approximate surface area is 140 Å². The maximum atomic E-state index is 8.72. The second-order valence-electron chi connectivity index (χ2n) is 3.23. The summed E-state index contributed by atoms with van der Waals surface area (Å²) < 4.78 is 4.72. The van der Waals surface area contributed by atoms with E-state index in [2.05, 4.69) is 0 Å². The molecule has 0 aliphatic rings. The fraction of sp³-hybridized carbons (Fsp3) is 1.00. The smallest absolute Gasteiger partial charge is 0.100 e. The number of aliphatic hydroxyl groups is 7. The van der Waals surface area contributed by atoms with Crippen molar-refractivity contribution in [3.8, 4) is 0 Å². The molecule has 0 aromatic rings. The summed E-state index contributed by atoms with van der Waals surface area (Å²) in [5.74, 6) is 0. The van der Waals surface area contributed by atoms with E-state index in [1.54, 1.807) is 0 Å². The fourth-order valence-corrected chi connectivity index (χ4v) is 0.503. The number of hydrogen-bond donors (Lipinski definition) is 7. The topological polar surface area (TPSA) is 214 Å². The molecule has 0 fully saturated rings. The third-order valence-corrected chi connectivity index (χ3v) is 1.46. The van der Waals surface area contributed by atoms with E-state index in [4.69, 9.17) is 40.5 Å². The van der Waals surface area contributed by atoms with E-state index in [1.165, 1.54) is 0 Å². The average Bonchev–Trinajstić information content (AvgIpc) is 2.37. The first-order chi connectivity index (χ1) is 8.01. The second-order valence-corrected chi connectivity index (χ2v) is 3.23. The van der Waals surface area contributed by atoms with Crippen LogP contribution < -0.4 is 0 Å². The van der Waals surface area contributed by atoms with Crippen molar-refractivity contribution >= 4 is 0 Å². The van der Waals surface area contributed by atoms with Crippen molar-refractivity contribution in [2.45, 2.75) is 48.0 Å². The standard InChI is InChI=1S/C6H14O5.C3H8O3.4CH4.2H2O/c7-1-5(9)3-11-4-6(10)2-8;4-1-3(6)2-5;;;;;;/h5-10H,1-4H2;3-6H,1-2H2;4*1H4;2*1H2/t5-,6?;;;;;;;/m1......./s1. The van der Waals surface area contributed by atoms with E-state index < -0.39 is 18.3 Å². The molecule has 0 saturated carbocycles. The first kappa shape index (κ1) is 49.5. The molecule has 0 radical (unpaired) electrons. The number of ether oxygens (including phenoxy) is 1. The summed E-state index contributed by atoms with van der Waals surface area (Å²) in [6.07, 6.45) is -2.79. The van der Waals surface area contributed by atoms with Gasteiger partial charge in [0, 0.05) is 0 Å². The molecule has 0 spiro atoms. The van der Waals surface area contributed by atoms with Crippen LogP contribution in [0.5, 0.6) is 0 Å². The minimum atomic E-state index is -0.954. The highest BCUT2D eigenvalue weighted by atomic mass is 16.5. The minimum absolute atomic E-state index is 0. The lowest BCUT2D eigenvalue weighted by Crippen LogP contribution is -2.25. The first-order valence-corrected chi connectivity index (χ1v) is 5.07. The van der Waals surface area contributed by atoms with E-state index >= 15 is 0 Å². The van der Waals surface area contributed by atoms with Crippen LogP contribution in [-0.4, -0.2) is 105 Å². The predicted molar refractivity (Wildman–Crippen MR) is 91.3 cm³/mol. The van der Waals surface area contributed by atoms with Gasteiger partial charge in [0.25, 0.3) is 0 Å². The maximum Gasteiger partial charge on any atom is 0.100 e. The Morgan fingerprint density at radius 3 is 0.870 bits per heavy atom. The van der Waals surface area contributed by atoms with Gasteiger partial charge in [0.15, 0.2) is 0 Å². The summed E-state index contributed by atoms with van der Waals surface area (Å²) in [6, 6.07) is 0. The Kier molecular flexibility index (Phi) is 81.0. The van der Waals surface area contributed by atoms with Crippen molar-refractivity contribution in [3.05, 3.63) is 0 Å². The summed E-state index contributed by atoms with van der Waals surface area (Å²) in [4.78, 5) is 0. The van der Waals surface area contributed by atoms with E-state index in [0.717, 1.165) is 0 Å². The lowest BCUT2D eigenvalue weighted by Gasteiger charge is -2.10. The normalized spacial score (nSPS) is 10.4. The van der Waals surface area contributed by atoms with Crippen molar-refractivity contribution in [2.24, 2.45) is 0 Å². The molecule has 0 saturated heterocycles. The van der Waals surface area contributed by atoms with Crippen LogP contribution in [0.3, 0.4) is 0 Å². The Bertz CT molecular complexity index is 137. The number of rotatable bonds is 8. The molecule has 11 N–H and O–H groups in total. The van der Waals surface area contributed by atoms with Crippen LogP contribution >= 0.6 is 0 Å². The third kappa shape index (κ3) is 44.9. The molecule has 2 atom stereocenters. The van der Waals surface area contributed by atoms with E-state index in [1.807, 2.05) is 0 Å². The molecular weight excluding hydrogens is 316 g/mol. The molecule has 0 aliphatic heterocycles. The fourth-order valence-electron chi connectivity index (χ4n) is 0.503. The monoisotopic (exact) mass is 358 g/mol. The quantitative estimate of drug-likeness (QED) is 0.236. The molecule has 0 amide bonds. The zero-order chi connectivity index (χ0) is 13.7. The zero-order valence-corrected chi connectivity index (χ0v) is 10.5. The molecule has 0 aromatic carbocycles. The Hall–Kier alpha value is -0.400. The van der Waals surface area contributed by atoms with Gasteiger partial charge in [0.2, 0.25) is 0 Å². The van der Waals surface area contributed by atoms with Gasteiger partial charge >= 0.3 is 0 Å². The van der Waals surface area contributed by atoms with E-state index in [0.29, 0.717) is 0 Å². The molecule has 10 heteroatoms. The van der Waals surface area contributed by atoms with Gasteiger partial charge in [-0.1, -0.05) is 29.7 Å². The van der Waals surface area contributed by atoms with Crippen LogP contribution in [0.25, 0.3) is 0 Å². The highest BCUT2D eigenvalue weighted by Gasteiger charge is 2.04. The van der Waals surface area contributed by atoms with E-state index in [9.17, 15) is 0 Å². The van der Waals surface area contributed by atoms with Crippen LogP contribution in [0.1, 0.15) is 29.7 Å². The van der Waals surface area contributed by atoms with Gasteiger partial charge < -0.3 is 51.4 Å². The van der Waals surface area contributed by atoms with Crippen molar-refractivity contribution in [2.75, 3.05) is 39.6 Å². The molecule has 0 heterocycles.